The number of aryl methyl sites for hydroxylation is 1. The van der Waals surface area contributed by atoms with E-state index in [4.69, 9.17) is 11.6 Å². The number of hydrogen-bond acceptors (Lipinski definition) is 4. The van der Waals surface area contributed by atoms with Gasteiger partial charge in [0.15, 0.2) is 0 Å². The van der Waals surface area contributed by atoms with Gasteiger partial charge in [-0.05, 0) is 67.6 Å². The van der Waals surface area contributed by atoms with E-state index >= 15 is 0 Å². The Bertz CT molecular complexity index is 1430. The summed E-state index contributed by atoms with van der Waals surface area (Å²) in [6, 6.07) is 20.9. The first-order valence-corrected chi connectivity index (χ1v) is 15.6. The van der Waals surface area contributed by atoms with Gasteiger partial charge < -0.3 is 10.2 Å². The maximum atomic E-state index is 14.2. The van der Waals surface area contributed by atoms with E-state index in [1.165, 1.54) is 4.90 Å². The fourth-order valence-corrected chi connectivity index (χ4v) is 5.54. The van der Waals surface area contributed by atoms with Crippen LogP contribution in [0.4, 0.5) is 5.69 Å². The topological polar surface area (TPSA) is 86.8 Å². The Morgan fingerprint density at radius 2 is 1.60 bits per heavy atom. The maximum Gasteiger partial charge on any atom is 0.244 e. The van der Waals surface area contributed by atoms with Crippen LogP contribution >= 0.6 is 11.6 Å². The number of benzene rings is 3. The highest BCUT2D eigenvalue weighted by molar-refractivity contribution is 7.92. The molecule has 3 aromatic carbocycles. The molecule has 40 heavy (non-hydrogen) atoms. The minimum absolute atomic E-state index is 0.0786. The highest BCUT2D eigenvalue weighted by atomic mass is 35.5. The molecule has 7 nitrogen and oxygen atoms in total. The third kappa shape index (κ3) is 8.32. The first-order chi connectivity index (χ1) is 18.9. The predicted molar refractivity (Wildman–Crippen MR) is 162 cm³/mol. The van der Waals surface area contributed by atoms with E-state index in [2.05, 4.69) is 5.32 Å². The van der Waals surface area contributed by atoms with E-state index in [1.807, 2.05) is 70.2 Å². The van der Waals surface area contributed by atoms with Crippen molar-refractivity contribution in [2.45, 2.75) is 59.2 Å². The molecule has 3 rings (SSSR count). The lowest BCUT2D eigenvalue weighted by atomic mass is 10.0. The predicted octanol–water partition coefficient (Wildman–Crippen LogP) is 5.28. The van der Waals surface area contributed by atoms with Gasteiger partial charge in [-0.3, -0.25) is 13.9 Å². The third-order valence-electron chi connectivity index (χ3n) is 7.04. The van der Waals surface area contributed by atoms with Gasteiger partial charge in [-0.1, -0.05) is 73.1 Å². The average molecular weight is 584 g/mol. The molecule has 0 aliphatic carbocycles. The summed E-state index contributed by atoms with van der Waals surface area (Å²) in [5.74, 6) is -0.794. The lowest BCUT2D eigenvalue weighted by molar-refractivity contribution is -0.140. The van der Waals surface area contributed by atoms with E-state index in [0.29, 0.717) is 10.7 Å². The number of nitrogens with zero attached hydrogens (tertiary/aromatic N) is 2. The number of hydrogen-bond donors (Lipinski definition) is 1. The van der Waals surface area contributed by atoms with Crippen molar-refractivity contribution in [1.29, 1.82) is 0 Å². The lowest BCUT2D eigenvalue weighted by Gasteiger charge is -2.34. The summed E-state index contributed by atoms with van der Waals surface area (Å²) in [4.78, 5) is 29.3. The molecule has 3 aromatic rings. The zero-order chi connectivity index (χ0) is 29.4. The number of halogens is 1. The largest absolute Gasteiger partial charge is 0.352 e. The lowest BCUT2D eigenvalue weighted by Crippen LogP contribution is -2.54. The summed E-state index contributed by atoms with van der Waals surface area (Å²) in [5, 5.41) is 3.53. The summed E-state index contributed by atoms with van der Waals surface area (Å²) in [5.41, 5.74) is 3.71. The van der Waals surface area contributed by atoms with Crippen LogP contribution in [0.25, 0.3) is 0 Å². The van der Waals surface area contributed by atoms with Crippen molar-refractivity contribution in [3.63, 3.8) is 0 Å². The molecular weight excluding hydrogens is 546 g/mol. The molecule has 0 aliphatic rings. The van der Waals surface area contributed by atoms with Crippen LogP contribution < -0.4 is 9.62 Å². The van der Waals surface area contributed by atoms with Crippen LogP contribution in [0.2, 0.25) is 5.02 Å². The SMILES string of the molecule is CC[C@@H](C)NC(=O)[C@@H](Cc1ccccc1)N(Cc1cccc(Cl)c1)C(=O)CN(c1cccc(C)c1C)S(C)(=O)=O. The Hall–Kier alpha value is -3.36. The summed E-state index contributed by atoms with van der Waals surface area (Å²) in [6.45, 7) is 7.23. The zero-order valence-electron chi connectivity index (χ0n) is 23.7. The van der Waals surface area contributed by atoms with Gasteiger partial charge >= 0.3 is 0 Å². The van der Waals surface area contributed by atoms with Crippen LogP contribution in [0.1, 0.15) is 42.5 Å². The number of carbonyl (C=O) groups excluding carboxylic acids is 2. The van der Waals surface area contributed by atoms with Gasteiger partial charge in [0.1, 0.15) is 12.6 Å². The van der Waals surface area contributed by atoms with Crippen molar-refractivity contribution in [2.24, 2.45) is 0 Å². The van der Waals surface area contributed by atoms with Crippen molar-refractivity contribution >= 4 is 39.1 Å². The van der Waals surface area contributed by atoms with Crippen molar-refractivity contribution in [3.8, 4) is 0 Å². The molecule has 0 saturated carbocycles. The van der Waals surface area contributed by atoms with E-state index in [0.717, 1.165) is 39.2 Å². The minimum atomic E-state index is -3.83. The second-order valence-electron chi connectivity index (χ2n) is 10.2. The maximum absolute atomic E-state index is 14.2. The summed E-state index contributed by atoms with van der Waals surface area (Å²) < 4.78 is 27.1. The minimum Gasteiger partial charge on any atom is -0.352 e. The second kappa shape index (κ2) is 13.8. The number of amides is 2. The number of anilines is 1. The van der Waals surface area contributed by atoms with Gasteiger partial charge in [-0.2, -0.15) is 0 Å². The smallest absolute Gasteiger partial charge is 0.244 e. The molecule has 0 bridgehead atoms. The molecular formula is C31H38ClN3O4S. The van der Waals surface area contributed by atoms with E-state index < -0.39 is 28.5 Å². The first kappa shape index (κ1) is 31.2. The monoisotopic (exact) mass is 583 g/mol. The Morgan fingerprint density at radius 1 is 0.950 bits per heavy atom. The molecule has 0 saturated heterocycles. The standard InChI is InChI=1S/C31H38ClN3O4S/c1-6-23(3)33-31(37)29(19-25-13-8-7-9-14-25)34(20-26-15-11-16-27(32)18-26)30(36)21-35(40(5,38)39)28-17-10-12-22(2)24(28)4/h7-18,23,29H,6,19-21H2,1-5H3,(H,33,37)/t23-,29-/m1/s1. The summed E-state index contributed by atoms with van der Waals surface area (Å²) >= 11 is 6.25. The highest BCUT2D eigenvalue weighted by Gasteiger charge is 2.33. The van der Waals surface area contributed by atoms with E-state index in [9.17, 15) is 18.0 Å². The molecule has 2 atom stereocenters. The van der Waals surface area contributed by atoms with Gasteiger partial charge in [-0.25, -0.2) is 8.42 Å². The number of rotatable bonds is 12. The van der Waals surface area contributed by atoms with Gasteiger partial charge in [0.25, 0.3) is 0 Å². The van der Waals surface area contributed by atoms with Gasteiger partial charge in [0.2, 0.25) is 21.8 Å². The molecule has 0 aromatic heterocycles. The molecule has 1 N–H and O–H groups in total. The molecule has 0 heterocycles. The molecule has 214 valence electrons. The van der Waals surface area contributed by atoms with Crippen LogP contribution in [0.5, 0.6) is 0 Å². The first-order valence-electron chi connectivity index (χ1n) is 13.3. The highest BCUT2D eigenvalue weighted by Crippen LogP contribution is 2.26. The zero-order valence-corrected chi connectivity index (χ0v) is 25.3. The van der Waals surface area contributed by atoms with Gasteiger partial charge in [-0.15, -0.1) is 0 Å². The quantitative estimate of drug-likeness (QED) is 0.314. The number of carbonyl (C=O) groups is 2. The summed E-state index contributed by atoms with van der Waals surface area (Å²) in [7, 11) is -3.83. The third-order valence-corrected chi connectivity index (χ3v) is 8.40. The van der Waals surface area contributed by atoms with Gasteiger partial charge in [0.05, 0.1) is 11.9 Å². The number of nitrogens with one attached hydrogen (secondary N) is 1. The Labute approximate surface area is 243 Å². The van der Waals surface area contributed by atoms with E-state index in [-0.39, 0.29) is 24.9 Å². The fourth-order valence-electron chi connectivity index (χ4n) is 4.43. The average Bonchev–Trinajstić information content (AvgIpc) is 2.90. The van der Waals surface area contributed by atoms with Crippen molar-refractivity contribution in [1.82, 2.24) is 10.2 Å². The van der Waals surface area contributed by atoms with Gasteiger partial charge in [0, 0.05) is 24.0 Å². The van der Waals surface area contributed by atoms with Crippen LogP contribution in [0.15, 0.2) is 72.8 Å². The summed E-state index contributed by atoms with van der Waals surface area (Å²) in [6.07, 6.45) is 2.07. The molecule has 0 fully saturated rings. The second-order valence-corrected chi connectivity index (χ2v) is 12.5. The van der Waals surface area contributed by atoms with Crippen LogP contribution in [0.3, 0.4) is 0 Å². The molecule has 0 aliphatic heterocycles. The fraction of sp³-hybridized carbons (Fsp3) is 0.355. The molecule has 2 amide bonds. The Balaban J connectivity index is 2.09. The van der Waals surface area contributed by atoms with Crippen LogP contribution in [-0.2, 0) is 32.6 Å². The molecule has 0 spiro atoms. The van der Waals surface area contributed by atoms with Crippen molar-refractivity contribution < 1.29 is 18.0 Å². The molecule has 9 heteroatoms. The van der Waals surface area contributed by atoms with Crippen molar-refractivity contribution in [2.75, 3.05) is 17.1 Å². The Morgan fingerprint density at radius 3 is 2.23 bits per heavy atom. The molecule has 0 unspecified atom stereocenters. The number of sulfonamides is 1. The Kier molecular flexibility index (Phi) is 10.8. The molecule has 0 radical (unpaired) electrons. The van der Waals surface area contributed by atoms with Crippen molar-refractivity contribution in [3.05, 3.63) is 100 Å². The van der Waals surface area contributed by atoms with E-state index in [1.54, 1.807) is 30.3 Å². The normalized spacial score (nSPS) is 12.8. The van der Waals surface area contributed by atoms with Crippen LogP contribution in [-0.4, -0.2) is 50.0 Å². The van der Waals surface area contributed by atoms with Crippen LogP contribution in [0, 0.1) is 13.8 Å².